The fraction of sp³-hybridized carbons (Fsp3) is 0.176. The molecule has 0 bridgehead atoms. The van der Waals surface area contributed by atoms with E-state index in [4.69, 9.17) is 11.6 Å². The summed E-state index contributed by atoms with van der Waals surface area (Å²) >= 11 is 6.76. The first kappa shape index (κ1) is 20.1. The molecule has 138 valence electrons. The molecule has 0 fully saturated rings. The number of carbonyl (C=O) groups excluding carboxylic acids is 2. The minimum atomic E-state index is -4.62. The van der Waals surface area contributed by atoms with E-state index >= 15 is 0 Å². The van der Waals surface area contributed by atoms with E-state index in [9.17, 15) is 22.8 Å². The lowest BCUT2D eigenvalue weighted by Gasteiger charge is -2.14. The molecule has 9 heteroatoms. The van der Waals surface area contributed by atoms with Gasteiger partial charge in [0.05, 0.1) is 17.0 Å². The maximum atomic E-state index is 13.0. The number of alkyl halides is 3. The fourth-order valence-corrected chi connectivity index (χ4v) is 2.90. The minimum absolute atomic E-state index is 0.0658. The molecule has 2 rings (SSSR count). The number of halogens is 4. The third kappa shape index (κ3) is 5.96. The summed E-state index contributed by atoms with van der Waals surface area (Å²) in [5.74, 6) is -0.846. The van der Waals surface area contributed by atoms with Crippen molar-refractivity contribution < 1.29 is 22.8 Å². The first-order valence-electron chi connectivity index (χ1n) is 7.32. The predicted octanol–water partition coefficient (Wildman–Crippen LogP) is 5.05. The Bertz CT molecular complexity index is 811. The number of benzene rings is 2. The summed E-state index contributed by atoms with van der Waals surface area (Å²) < 4.78 is 39.0. The van der Waals surface area contributed by atoms with Gasteiger partial charge in [-0.1, -0.05) is 11.6 Å². The smallest absolute Gasteiger partial charge is 0.326 e. The molecule has 0 saturated carbocycles. The van der Waals surface area contributed by atoms with Crippen LogP contribution in [0.15, 0.2) is 47.4 Å². The zero-order valence-corrected chi connectivity index (χ0v) is 15.1. The predicted molar refractivity (Wildman–Crippen MR) is 96.6 cm³/mol. The molecule has 0 unspecified atom stereocenters. The number of rotatable bonds is 5. The Labute approximate surface area is 157 Å². The normalized spacial score (nSPS) is 11.1. The molecule has 0 aliphatic carbocycles. The van der Waals surface area contributed by atoms with Crippen LogP contribution in [0.2, 0.25) is 5.02 Å². The van der Waals surface area contributed by atoms with Crippen molar-refractivity contribution in [1.29, 1.82) is 0 Å². The van der Waals surface area contributed by atoms with Crippen LogP contribution in [0.1, 0.15) is 12.5 Å². The molecule has 4 nitrogen and oxygen atoms in total. The lowest BCUT2D eigenvalue weighted by atomic mass is 10.1. The third-order valence-electron chi connectivity index (χ3n) is 3.11. The molecule has 26 heavy (non-hydrogen) atoms. The summed E-state index contributed by atoms with van der Waals surface area (Å²) in [5.41, 5.74) is -0.723. The van der Waals surface area contributed by atoms with Crippen molar-refractivity contribution in [3.05, 3.63) is 53.1 Å². The van der Waals surface area contributed by atoms with E-state index in [0.717, 1.165) is 28.8 Å². The summed E-state index contributed by atoms with van der Waals surface area (Å²) in [4.78, 5) is 23.7. The highest BCUT2D eigenvalue weighted by Gasteiger charge is 2.34. The third-order valence-corrected chi connectivity index (χ3v) is 4.35. The van der Waals surface area contributed by atoms with Gasteiger partial charge < -0.3 is 10.6 Å². The van der Waals surface area contributed by atoms with E-state index in [1.807, 2.05) is 0 Å². The fourth-order valence-electron chi connectivity index (χ4n) is 2.03. The Morgan fingerprint density at radius 1 is 1.08 bits per heavy atom. The van der Waals surface area contributed by atoms with Gasteiger partial charge >= 0.3 is 6.18 Å². The lowest BCUT2D eigenvalue weighted by Crippen LogP contribution is -2.18. The van der Waals surface area contributed by atoms with Crippen molar-refractivity contribution in [2.24, 2.45) is 0 Å². The van der Waals surface area contributed by atoms with Crippen LogP contribution >= 0.6 is 23.4 Å². The monoisotopic (exact) mass is 402 g/mol. The maximum Gasteiger partial charge on any atom is 0.418 e. The number of hydrogen-bond donors (Lipinski definition) is 2. The van der Waals surface area contributed by atoms with E-state index in [2.05, 4.69) is 10.6 Å². The quantitative estimate of drug-likeness (QED) is 0.688. The summed E-state index contributed by atoms with van der Waals surface area (Å²) in [6.07, 6.45) is -4.62. The van der Waals surface area contributed by atoms with Crippen LogP contribution in [-0.4, -0.2) is 17.6 Å². The van der Waals surface area contributed by atoms with Gasteiger partial charge in [-0.25, -0.2) is 0 Å². The molecule has 2 N–H and O–H groups in total. The molecule has 0 spiro atoms. The average Bonchev–Trinajstić information content (AvgIpc) is 2.54. The van der Waals surface area contributed by atoms with Crippen molar-refractivity contribution in [2.75, 3.05) is 16.4 Å². The van der Waals surface area contributed by atoms with Gasteiger partial charge in [0, 0.05) is 22.5 Å². The van der Waals surface area contributed by atoms with Gasteiger partial charge in [-0.3, -0.25) is 9.59 Å². The summed E-state index contributed by atoms with van der Waals surface area (Å²) in [5, 5.41) is 4.80. The largest absolute Gasteiger partial charge is 0.418 e. The number of thioether (sulfide) groups is 1. The second kappa shape index (κ2) is 8.46. The lowest BCUT2D eigenvalue weighted by molar-refractivity contribution is -0.137. The van der Waals surface area contributed by atoms with Crippen LogP contribution in [0.3, 0.4) is 0 Å². The van der Waals surface area contributed by atoms with Gasteiger partial charge in [-0.2, -0.15) is 13.2 Å². The van der Waals surface area contributed by atoms with Crippen molar-refractivity contribution >= 4 is 46.6 Å². The van der Waals surface area contributed by atoms with Gasteiger partial charge in [0.1, 0.15) is 0 Å². The number of hydrogen-bond acceptors (Lipinski definition) is 3. The van der Waals surface area contributed by atoms with Crippen LogP contribution in [0.25, 0.3) is 0 Å². The van der Waals surface area contributed by atoms with Gasteiger partial charge in [-0.15, -0.1) is 11.8 Å². The first-order chi connectivity index (χ1) is 12.1. The molecule has 0 saturated heterocycles. The Morgan fingerprint density at radius 3 is 2.31 bits per heavy atom. The maximum absolute atomic E-state index is 13.0. The van der Waals surface area contributed by atoms with Gasteiger partial charge in [0.25, 0.3) is 0 Å². The zero-order chi connectivity index (χ0) is 19.3. The van der Waals surface area contributed by atoms with Gasteiger partial charge in [-0.05, 0) is 42.5 Å². The molecule has 2 amide bonds. The molecule has 0 aromatic heterocycles. The van der Waals surface area contributed by atoms with Crippen LogP contribution in [0.4, 0.5) is 24.5 Å². The summed E-state index contributed by atoms with van der Waals surface area (Å²) in [6, 6.07) is 9.91. The molecule has 0 aliphatic heterocycles. The van der Waals surface area contributed by atoms with Crippen LogP contribution in [0, 0.1) is 0 Å². The van der Waals surface area contributed by atoms with E-state index < -0.39 is 17.6 Å². The Hall–Kier alpha value is -2.19. The standard InChI is InChI=1S/C17H14ClF3N2O2S/c1-10(24)22-12-3-5-13(6-4-12)26-9-16(25)23-15-7-2-11(18)8-14(15)17(19,20)21/h2-8H,9H2,1H3,(H,22,24)(H,23,25). The highest BCUT2D eigenvalue weighted by Crippen LogP contribution is 2.36. The molecule has 2 aromatic carbocycles. The van der Waals surface area contributed by atoms with Crippen molar-refractivity contribution in [3.63, 3.8) is 0 Å². The SMILES string of the molecule is CC(=O)Nc1ccc(SCC(=O)Nc2ccc(Cl)cc2C(F)(F)F)cc1. The van der Waals surface area contributed by atoms with Crippen molar-refractivity contribution in [3.8, 4) is 0 Å². The molecule has 0 aliphatic rings. The van der Waals surface area contributed by atoms with Crippen LogP contribution in [0.5, 0.6) is 0 Å². The molecule has 2 aromatic rings. The minimum Gasteiger partial charge on any atom is -0.326 e. The zero-order valence-electron chi connectivity index (χ0n) is 13.5. The van der Waals surface area contributed by atoms with E-state index in [-0.39, 0.29) is 22.4 Å². The first-order valence-corrected chi connectivity index (χ1v) is 8.68. The second-order valence-electron chi connectivity index (χ2n) is 5.23. The molecule has 0 radical (unpaired) electrons. The van der Waals surface area contributed by atoms with E-state index in [0.29, 0.717) is 5.69 Å². The highest BCUT2D eigenvalue weighted by atomic mass is 35.5. The van der Waals surface area contributed by atoms with E-state index in [1.54, 1.807) is 24.3 Å². The van der Waals surface area contributed by atoms with E-state index in [1.165, 1.54) is 13.0 Å². The number of amides is 2. The Morgan fingerprint density at radius 2 is 1.73 bits per heavy atom. The van der Waals surface area contributed by atoms with Gasteiger partial charge in [0.15, 0.2) is 0 Å². The summed E-state index contributed by atoms with van der Waals surface area (Å²) in [6.45, 7) is 1.39. The second-order valence-corrected chi connectivity index (χ2v) is 6.72. The number of carbonyl (C=O) groups is 2. The Kier molecular flexibility index (Phi) is 6.55. The number of anilines is 2. The molecular formula is C17H14ClF3N2O2S. The van der Waals surface area contributed by atoms with Crippen LogP contribution in [-0.2, 0) is 15.8 Å². The number of nitrogens with one attached hydrogen (secondary N) is 2. The summed E-state index contributed by atoms with van der Waals surface area (Å²) in [7, 11) is 0. The molecule has 0 atom stereocenters. The van der Waals surface area contributed by atoms with Crippen LogP contribution < -0.4 is 10.6 Å². The molecule has 0 heterocycles. The highest BCUT2D eigenvalue weighted by molar-refractivity contribution is 8.00. The Balaban J connectivity index is 1.98. The molecular weight excluding hydrogens is 389 g/mol. The topological polar surface area (TPSA) is 58.2 Å². The van der Waals surface area contributed by atoms with Gasteiger partial charge in [0.2, 0.25) is 11.8 Å². The average molecular weight is 403 g/mol. The van der Waals surface area contributed by atoms with Crippen molar-refractivity contribution in [2.45, 2.75) is 18.0 Å². The van der Waals surface area contributed by atoms with Crippen molar-refractivity contribution in [1.82, 2.24) is 0 Å².